The van der Waals surface area contributed by atoms with Crippen LogP contribution in [0.5, 0.6) is 0 Å². The molecule has 8 heteroatoms. The maximum Gasteiger partial charge on any atom is 0.335 e. The fraction of sp³-hybridized carbons (Fsp3) is 0.385. The third-order valence-electron chi connectivity index (χ3n) is 3.45. The Bertz CT molecular complexity index is 601. The van der Waals surface area contributed by atoms with E-state index < -0.39 is 16.9 Å². The third-order valence-corrected chi connectivity index (χ3v) is 3.45. The summed E-state index contributed by atoms with van der Waals surface area (Å²) in [6, 6.07) is 3.23. The summed E-state index contributed by atoms with van der Waals surface area (Å²) < 4.78 is 0. The van der Waals surface area contributed by atoms with Gasteiger partial charge in [-0.2, -0.15) is 0 Å². The molecule has 1 aliphatic rings. The molecule has 0 aromatic heterocycles. The van der Waals surface area contributed by atoms with E-state index in [0.717, 1.165) is 6.07 Å². The van der Waals surface area contributed by atoms with E-state index in [4.69, 9.17) is 5.11 Å². The van der Waals surface area contributed by atoms with E-state index in [1.54, 1.807) is 4.90 Å². The number of carboxylic acids is 1. The number of hydrogen-bond acceptors (Lipinski definition) is 5. The van der Waals surface area contributed by atoms with Crippen molar-refractivity contribution in [3.63, 3.8) is 0 Å². The SMILES string of the molecule is CCC1C(=O)NCCN1c1ccc(C(=O)O)cc1[N+](=O)[O-]. The van der Waals surface area contributed by atoms with Crippen LogP contribution in [0.25, 0.3) is 0 Å². The Hall–Kier alpha value is -2.64. The number of aromatic carboxylic acids is 1. The molecule has 0 saturated carbocycles. The van der Waals surface area contributed by atoms with Crippen LogP contribution in [-0.2, 0) is 4.79 Å². The Labute approximate surface area is 120 Å². The molecule has 0 aliphatic carbocycles. The van der Waals surface area contributed by atoms with Gasteiger partial charge in [0.2, 0.25) is 5.91 Å². The molecule has 1 aliphatic heterocycles. The molecular formula is C13H15N3O5. The van der Waals surface area contributed by atoms with Crippen molar-refractivity contribution in [2.45, 2.75) is 19.4 Å². The van der Waals surface area contributed by atoms with Crippen LogP contribution in [-0.4, -0.2) is 41.0 Å². The van der Waals surface area contributed by atoms with Gasteiger partial charge in [0, 0.05) is 19.2 Å². The predicted octanol–water partition coefficient (Wildman–Crippen LogP) is 1.01. The number of anilines is 1. The molecule has 1 unspecified atom stereocenters. The van der Waals surface area contributed by atoms with Crippen molar-refractivity contribution >= 4 is 23.3 Å². The number of benzene rings is 1. The van der Waals surface area contributed by atoms with Gasteiger partial charge in [-0.15, -0.1) is 0 Å². The van der Waals surface area contributed by atoms with Gasteiger partial charge >= 0.3 is 5.97 Å². The highest BCUT2D eigenvalue weighted by Gasteiger charge is 2.32. The lowest BCUT2D eigenvalue weighted by Crippen LogP contribution is -2.55. The van der Waals surface area contributed by atoms with E-state index in [0.29, 0.717) is 19.5 Å². The second kappa shape index (κ2) is 5.78. The van der Waals surface area contributed by atoms with Crippen LogP contribution in [0.1, 0.15) is 23.7 Å². The minimum atomic E-state index is -1.23. The highest BCUT2D eigenvalue weighted by atomic mass is 16.6. The number of carbonyl (C=O) groups excluding carboxylic acids is 1. The topological polar surface area (TPSA) is 113 Å². The number of nitro benzene ring substituents is 1. The average molecular weight is 293 g/mol. The fourth-order valence-corrected chi connectivity index (χ4v) is 2.45. The molecule has 21 heavy (non-hydrogen) atoms. The Morgan fingerprint density at radius 2 is 2.29 bits per heavy atom. The molecule has 0 spiro atoms. The van der Waals surface area contributed by atoms with Gasteiger partial charge in [0.1, 0.15) is 11.7 Å². The summed E-state index contributed by atoms with van der Waals surface area (Å²) in [5.74, 6) is -1.41. The van der Waals surface area contributed by atoms with Crippen LogP contribution in [0.15, 0.2) is 18.2 Å². The molecule has 2 N–H and O–H groups in total. The molecule has 1 atom stereocenters. The summed E-state index contributed by atoms with van der Waals surface area (Å²) in [6.07, 6.45) is 0.504. The number of nitrogens with zero attached hydrogens (tertiary/aromatic N) is 2. The molecule has 0 radical (unpaired) electrons. The Balaban J connectivity index is 2.49. The number of hydrogen-bond donors (Lipinski definition) is 2. The monoisotopic (exact) mass is 293 g/mol. The Kier molecular flexibility index (Phi) is 4.06. The number of rotatable bonds is 4. The number of piperazine rings is 1. The maximum absolute atomic E-state index is 11.8. The number of amides is 1. The van der Waals surface area contributed by atoms with Gasteiger partial charge in [0.15, 0.2) is 0 Å². The van der Waals surface area contributed by atoms with E-state index in [-0.39, 0.29) is 22.8 Å². The molecule has 2 rings (SSSR count). The number of nitro groups is 1. The first kappa shape index (κ1) is 14.8. The standard InChI is InChI=1S/C13H15N3O5/c1-2-9-12(17)14-5-6-15(9)10-4-3-8(13(18)19)7-11(10)16(20)21/h3-4,7,9H,2,5-6H2,1H3,(H,14,17)(H,18,19). The van der Waals surface area contributed by atoms with Gasteiger partial charge < -0.3 is 15.3 Å². The average Bonchev–Trinajstić information content (AvgIpc) is 2.46. The zero-order valence-corrected chi connectivity index (χ0v) is 11.4. The quantitative estimate of drug-likeness (QED) is 0.632. The fourth-order valence-electron chi connectivity index (χ4n) is 2.45. The van der Waals surface area contributed by atoms with E-state index in [9.17, 15) is 19.7 Å². The van der Waals surface area contributed by atoms with Crippen LogP contribution in [0.4, 0.5) is 11.4 Å². The smallest absolute Gasteiger partial charge is 0.335 e. The van der Waals surface area contributed by atoms with Gasteiger partial charge in [-0.1, -0.05) is 6.92 Å². The summed E-state index contributed by atoms with van der Waals surface area (Å²) in [6.45, 7) is 2.66. The van der Waals surface area contributed by atoms with Crippen LogP contribution in [0.3, 0.4) is 0 Å². The summed E-state index contributed by atoms with van der Waals surface area (Å²) in [5, 5.41) is 22.8. The zero-order valence-electron chi connectivity index (χ0n) is 11.4. The first-order chi connectivity index (χ1) is 9.95. The minimum absolute atomic E-state index is 0.153. The van der Waals surface area contributed by atoms with Crippen molar-refractivity contribution < 1.29 is 19.6 Å². The normalized spacial score (nSPS) is 18.2. The third kappa shape index (κ3) is 2.78. The maximum atomic E-state index is 11.8. The number of carboxylic acid groups (broad SMARTS) is 1. The van der Waals surface area contributed by atoms with Crippen molar-refractivity contribution in [2.75, 3.05) is 18.0 Å². The van der Waals surface area contributed by atoms with E-state index >= 15 is 0 Å². The van der Waals surface area contributed by atoms with Crippen LogP contribution < -0.4 is 10.2 Å². The van der Waals surface area contributed by atoms with Gasteiger partial charge in [0.25, 0.3) is 5.69 Å². The zero-order chi connectivity index (χ0) is 15.6. The van der Waals surface area contributed by atoms with E-state index in [2.05, 4.69) is 5.32 Å². The van der Waals surface area contributed by atoms with Gasteiger partial charge in [-0.25, -0.2) is 4.79 Å². The molecule has 1 heterocycles. The summed E-state index contributed by atoms with van der Waals surface area (Å²) >= 11 is 0. The highest BCUT2D eigenvalue weighted by molar-refractivity contribution is 5.91. The van der Waals surface area contributed by atoms with Crippen molar-refractivity contribution in [3.8, 4) is 0 Å². The van der Waals surface area contributed by atoms with Crippen LogP contribution in [0, 0.1) is 10.1 Å². The molecule has 1 saturated heterocycles. The van der Waals surface area contributed by atoms with Crippen LogP contribution in [0.2, 0.25) is 0 Å². The van der Waals surface area contributed by atoms with E-state index in [1.165, 1.54) is 12.1 Å². The first-order valence-corrected chi connectivity index (χ1v) is 6.51. The lowest BCUT2D eigenvalue weighted by Gasteiger charge is -2.35. The Morgan fingerprint density at radius 1 is 1.57 bits per heavy atom. The van der Waals surface area contributed by atoms with Gasteiger partial charge in [0.05, 0.1) is 10.5 Å². The molecule has 0 bridgehead atoms. The second-order valence-electron chi connectivity index (χ2n) is 4.67. The summed E-state index contributed by atoms with van der Waals surface area (Å²) in [4.78, 5) is 35.0. The van der Waals surface area contributed by atoms with Crippen molar-refractivity contribution in [2.24, 2.45) is 0 Å². The van der Waals surface area contributed by atoms with Crippen LogP contribution >= 0.6 is 0 Å². The first-order valence-electron chi connectivity index (χ1n) is 6.51. The molecule has 1 aromatic rings. The molecule has 1 aromatic carbocycles. The van der Waals surface area contributed by atoms with Crippen molar-refractivity contribution in [3.05, 3.63) is 33.9 Å². The molecule has 8 nitrogen and oxygen atoms in total. The largest absolute Gasteiger partial charge is 0.478 e. The summed E-state index contributed by atoms with van der Waals surface area (Å²) in [7, 11) is 0. The Morgan fingerprint density at radius 3 is 2.86 bits per heavy atom. The molecule has 1 amide bonds. The van der Waals surface area contributed by atoms with E-state index in [1.807, 2.05) is 6.92 Å². The minimum Gasteiger partial charge on any atom is -0.478 e. The lowest BCUT2D eigenvalue weighted by molar-refractivity contribution is -0.384. The van der Waals surface area contributed by atoms with Gasteiger partial charge in [-0.05, 0) is 18.6 Å². The predicted molar refractivity (Wildman–Crippen MR) is 74.5 cm³/mol. The highest BCUT2D eigenvalue weighted by Crippen LogP contribution is 2.32. The molecular weight excluding hydrogens is 278 g/mol. The lowest BCUT2D eigenvalue weighted by atomic mass is 10.1. The molecule has 112 valence electrons. The molecule has 1 fully saturated rings. The van der Waals surface area contributed by atoms with Crippen molar-refractivity contribution in [1.82, 2.24) is 5.32 Å². The summed E-state index contributed by atoms with van der Waals surface area (Å²) in [5.41, 5.74) is -0.185. The number of nitrogens with one attached hydrogen (secondary N) is 1. The van der Waals surface area contributed by atoms with Gasteiger partial charge in [-0.3, -0.25) is 14.9 Å². The number of carbonyl (C=O) groups is 2. The second-order valence-corrected chi connectivity index (χ2v) is 4.67. The van der Waals surface area contributed by atoms with Crippen molar-refractivity contribution in [1.29, 1.82) is 0 Å².